The van der Waals surface area contributed by atoms with Gasteiger partial charge in [-0.25, -0.2) is 13.8 Å². The summed E-state index contributed by atoms with van der Waals surface area (Å²) in [7, 11) is 0. The van der Waals surface area contributed by atoms with Crippen LogP contribution < -0.4 is 28.0 Å². The molecule has 0 unspecified atom stereocenters. The van der Waals surface area contributed by atoms with Crippen LogP contribution in [0, 0.1) is 3.57 Å². The van der Waals surface area contributed by atoms with Crippen LogP contribution in [0.25, 0.3) is 0 Å². The first kappa shape index (κ1) is 13.7. The van der Waals surface area contributed by atoms with E-state index >= 15 is 0 Å². The maximum atomic E-state index is 13.0. The normalized spacial score (nSPS) is 18.3. The largest absolute Gasteiger partial charge is 1.00 e. The highest BCUT2D eigenvalue weighted by Crippen LogP contribution is 2.32. The number of rotatable bonds is 1. The average Bonchev–Trinajstić information content (AvgIpc) is 2.51. The SMILES string of the molecule is Nc1c(I)cc[nH+]c1N1CCC(F)(F)C1.[Cl-]. The van der Waals surface area contributed by atoms with Gasteiger partial charge in [-0.05, 0) is 28.7 Å². The number of alkyl halides is 2. The monoisotopic (exact) mass is 361 g/mol. The molecule has 0 aliphatic carbocycles. The number of nitrogen functional groups attached to an aromatic ring is 1. The average molecular weight is 362 g/mol. The minimum absolute atomic E-state index is 0. The molecule has 16 heavy (non-hydrogen) atoms. The summed E-state index contributed by atoms with van der Waals surface area (Å²) in [5.41, 5.74) is 6.36. The zero-order valence-electron chi connectivity index (χ0n) is 8.31. The molecule has 3 nitrogen and oxygen atoms in total. The van der Waals surface area contributed by atoms with Crippen molar-refractivity contribution < 1.29 is 26.2 Å². The maximum Gasteiger partial charge on any atom is 0.299 e. The van der Waals surface area contributed by atoms with E-state index in [1.54, 1.807) is 11.1 Å². The van der Waals surface area contributed by atoms with E-state index in [4.69, 9.17) is 5.73 Å². The number of hydrogen-bond acceptors (Lipinski definition) is 2. The minimum Gasteiger partial charge on any atom is -1.00 e. The van der Waals surface area contributed by atoms with Crippen molar-refractivity contribution >= 4 is 34.1 Å². The standard InChI is InChI=1S/C9H10F2IN3.ClH/c10-9(11)2-4-15(5-9)8-7(13)6(12)1-3-14-8;/h1,3H,2,4-5,13H2;1H. The number of anilines is 2. The lowest BCUT2D eigenvalue weighted by atomic mass is 10.3. The number of nitrogens with two attached hydrogens (primary N) is 1. The molecule has 0 saturated carbocycles. The smallest absolute Gasteiger partial charge is 0.299 e. The fourth-order valence-corrected chi connectivity index (χ4v) is 2.10. The Morgan fingerprint density at radius 1 is 1.50 bits per heavy atom. The van der Waals surface area contributed by atoms with Crippen LogP contribution >= 0.6 is 22.6 Å². The van der Waals surface area contributed by atoms with Crippen molar-refractivity contribution in [3.05, 3.63) is 15.8 Å². The number of hydrogen-bond donors (Lipinski definition) is 1. The molecular weight excluding hydrogens is 350 g/mol. The van der Waals surface area contributed by atoms with Gasteiger partial charge in [0.2, 0.25) is 0 Å². The molecule has 1 aliphatic heterocycles. The summed E-state index contributed by atoms with van der Waals surface area (Å²) >= 11 is 2.09. The van der Waals surface area contributed by atoms with Gasteiger partial charge in [-0.2, -0.15) is 0 Å². The first-order chi connectivity index (χ1) is 6.99. The van der Waals surface area contributed by atoms with Crippen molar-refractivity contribution in [1.29, 1.82) is 0 Å². The van der Waals surface area contributed by atoms with Gasteiger partial charge in [0.15, 0.2) is 0 Å². The zero-order valence-corrected chi connectivity index (χ0v) is 11.2. The fraction of sp³-hybridized carbons (Fsp3) is 0.444. The number of nitrogens with one attached hydrogen (secondary N) is 1. The molecule has 1 aromatic heterocycles. The Kier molecular flexibility index (Phi) is 4.17. The highest BCUT2D eigenvalue weighted by molar-refractivity contribution is 14.1. The Morgan fingerprint density at radius 3 is 2.75 bits per heavy atom. The summed E-state index contributed by atoms with van der Waals surface area (Å²) in [5, 5.41) is 0. The van der Waals surface area contributed by atoms with E-state index in [-0.39, 0.29) is 25.4 Å². The summed E-state index contributed by atoms with van der Waals surface area (Å²) in [6.07, 6.45) is 1.61. The third-order valence-corrected chi connectivity index (χ3v) is 3.39. The van der Waals surface area contributed by atoms with Crippen molar-refractivity contribution in [1.82, 2.24) is 0 Å². The van der Waals surface area contributed by atoms with Crippen LogP contribution in [0.1, 0.15) is 6.42 Å². The van der Waals surface area contributed by atoms with E-state index in [1.807, 2.05) is 6.07 Å². The zero-order chi connectivity index (χ0) is 11.1. The van der Waals surface area contributed by atoms with E-state index < -0.39 is 5.92 Å². The molecule has 3 N–H and O–H groups in total. The van der Waals surface area contributed by atoms with Gasteiger partial charge in [-0.1, -0.05) is 0 Å². The molecule has 0 atom stereocenters. The number of pyridine rings is 1. The van der Waals surface area contributed by atoms with Crippen LogP contribution in [0.3, 0.4) is 0 Å². The van der Waals surface area contributed by atoms with Crippen LogP contribution in [0.15, 0.2) is 12.3 Å². The molecule has 0 bridgehead atoms. The predicted molar refractivity (Wildman–Crippen MR) is 61.9 cm³/mol. The van der Waals surface area contributed by atoms with Gasteiger partial charge in [0, 0.05) is 3.57 Å². The summed E-state index contributed by atoms with van der Waals surface area (Å²) in [6, 6.07) is 1.81. The summed E-state index contributed by atoms with van der Waals surface area (Å²) in [5.74, 6) is -2.00. The third-order valence-electron chi connectivity index (χ3n) is 2.45. The quantitative estimate of drug-likeness (QED) is 0.621. The van der Waals surface area contributed by atoms with Gasteiger partial charge in [0.25, 0.3) is 11.7 Å². The summed E-state index contributed by atoms with van der Waals surface area (Å²) in [6.45, 7) is 0.0849. The van der Waals surface area contributed by atoms with Crippen molar-refractivity contribution in [3.63, 3.8) is 0 Å². The van der Waals surface area contributed by atoms with Crippen LogP contribution in [0.2, 0.25) is 0 Å². The minimum atomic E-state index is -2.60. The number of halogens is 4. The molecule has 0 spiro atoms. The molecule has 0 aromatic carbocycles. The Bertz CT molecular complexity index is 389. The van der Waals surface area contributed by atoms with Gasteiger partial charge in [-0.3, -0.25) is 4.90 Å². The van der Waals surface area contributed by atoms with Gasteiger partial charge >= 0.3 is 0 Å². The highest BCUT2D eigenvalue weighted by atomic mass is 127. The van der Waals surface area contributed by atoms with Gasteiger partial charge in [0.05, 0.1) is 19.2 Å². The molecule has 1 saturated heterocycles. The first-order valence-electron chi connectivity index (χ1n) is 4.58. The fourth-order valence-electron chi connectivity index (χ4n) is 1.66. The molecule has 0 radical (unpaired) electrons. The molecule has 1 fully saturated rings. The van der Waals surface area contributed by atoms with E-state index in [2.05, 4.69) is 27.6 Å². The van der Waals surface area contributed by atoms with Crippen molar-refractivity contribution in [3.8, 4) is 0 Å². The molecule has 90 valence electrons. The van der Waals surface area contributed by atoms with Gasteiger partial charge in [-0.15, -0.1) is 0 Å². The van der Waals surface area contributed by atoms with Crippen LogP contribution in [0.5, 0.6) is 0 Å². The second-order valence-corrected chi connectivity index (χ2v) is 4.78. The molecule has 2 rings (SSSR count). The Labute approximate surface area is 112 Å². The summed E-state index contributed by atoms with van der Waals surface area (Å²) < 4.78 is 26.9. The molecular formula is C9H11ClF2IN3. The van der Waals surface area contributed by atoms with Crippen LogP contribution in [-0.4, -0.2) is 19.0 Å². The van der Waals surface area contributed by atoms with E-state index in [1.165, 1.54) is 0 Å². The number of H-pyrrole nitrogens is 1. The number of aromatic nitrogens is 1. The lowest BCUT2D eigenvalue weighted by Crippen LogP contribution is -3.00. The van der Waals surface area contributed by atoms with Crippen LogP contribution in [0.4, 0.5) is 20.3 Å². The van der Waals surface area contributed by atoms with Crippen LogP contribution in [-0.2, 0) is 0 Å². The number of nitrogens with zero attached hydrogens (tertiary/aromatic N) is 1. The molecule has 7 heteroatoms. The summed E-state index contributed by atoms with van der Waals surface area (Å²) in [4.78, 5) is 4.51. The lowest BCUT2D eigenvalue weighted by molar-refractivity contribution is -0.363. The predicted octanol–water partition coefficient (Wildman–Crippen LogP) is -1.46. The third kappa shape index (κ3) is 2.65. The maximum absolute atomic E-state index is 13.0. The molecule has 0 amide bonds. The van der Waals surface area contributed by atoms with E-state index in [0.717, 1.165) is 3.57 Å². The second kappa shape index (κ2) is 4.87. The Balaban J connectivity index is 0.00000128. The molecule has 2 heterocycles. The molecule has 1 aromatic rings. The van der Waals surface area contributed by atoms with Crippen molar-refractivity contribution in [2.75, 3.05) is 23.7 Å². The number of aromatic amines is 1. The lowest BCUT2D eigenvalue weighted by Gasteiger charge is -2.11. The molecule has 1 aliphatic rings. The van der Waals surface area contributed by atoms with E-state index in [0.29, 0.717) is 18.1 Å². The van der Waals surface area contributed by atoms with Gasteiger partial charge in [0.1, 0.15) is 12.2 Å². The topological polar surface area (TPSA) is 43.4 Å². The van der Waals surface area contributed by atoms with Crippen molar-refractivity contribution in [2.45, 2.75) is 12.3 Å². The Morgan fingerprint density at radius 2 is 2.19 bits per heavy atom. The highest BCUT2D eigenvalue weighted by Gasteiger charge is 2.44. The Hall–Kier alpha value is -0.370. The first-order valence-corrected chi connectivity index (χ1v) is 5.66. The van der Waals surface area contributed by atoms with Gasteiger partial charge < -0.3 is 18.1 Å². The second-order valence-electron chi connectivity index (χ2n) is 3.62. The van der Waals surface area contributed by atoms with Crippen molar-refractivity contribution in [2.24, 2.45) is 0 Å². The van der Waals surface area contributed by atoms with E-state index in [9.17, 15) is 8.78 Å².